The first-order valence-corrected chi connectivity index (χ1v) is 9.31. The van der Waals surface area contributed by atoms with E-state index in [-0.39, 0.29) is 22.5 Å². The van der Waals surface area contributed by atoms with Crippen LogP contribution in [-0.4, -0.2) is 38.4 Å². The molecule has 4 heterocycles. The largest absolute Gasteiger partial charge is 0.329 e. The summed E-state index contributed by atoms with van der Waals surface area (Å²) in [6.45, 7) is 0.412. The van der Waals surface area contributed by atoms with Crippen molar-refractivity contribution < 1.29 is 9.59 Å². The molecule has 140 valence electrons. The summed E-state index contributed by atoms with van der Waals surface area (Å²) in [5, 5.41) is 9.78. The second kappa shape index (κ2) is 6.17. The van der Waals surface area contributed by atoms with Gasteiger partial charge in [0.25, 0.3) is 5.91 Å². The van der Waals surface area contributed by atoms with E-state index in [4.69, 9.17) is 11.6 Å². The molecule has 2 amide bonds. The van der Waals surface area contributed by atoms with Crippen LogP contribution in [-0.2, 0) is 10.2 Å². The van der Waals surface area contributed by atoms with Crippen molar-refractivity contribution in [2.45, 2.75) is 17.9 Å². The summed E-state index contributed by atoms with van der Waals surface area (Å²) in [7, 11) is 0. The third-order valence-corrected chi connectivity index (χ3v) is 5.94. The molecule has 0 aliphatic carbocycles. The van der Waals surface area contributed by atoms with E-state index in [0.717, 1.165) is 16.8 Å². The fourth-order valence-electron chi connectivity index (χ4n) is 4.47. The number of carbonyl (C=O) groups excluding carboxylic acids is 2. The lowest BCUT2D eigenvalue weighted by atomic mass is 9.73. The molecule has 5 rings (SSSR count). The Bertz CT molecular complexity index is 1080. The first-order valence-electron chi connectivity index (χ1n) is 8.93. The fraction of sp³-hybridized carbons (Fsp3) is 0.200. The Labute approximate surface area is 165 Å². The van der Waals surface area contributed by atoms with E-state index in [2.05, 4.69) is 20.5 Å². The Balaban J connectivity index is 1.69. The molecule has 8 heteroatoms. The summed E-state index contributed by atoms with van der Waals surface area (Å²) in [4.78, 5) is 32.4. The number of nitrogens with one attached hydrogen (secondary N) is 2. The number of carbonyl (C=O) groups is 2. The standard InChI is InChI=1S/C20H16ClN5O2/c21-14-11-23-25-16(14)18(27)26-9-7-20(17(26)12-4-3-8-22-10-12)13-5-1-2-6-15(13)24-19(20)28/h1-6,8,10-11,17H,7,9H2,(H,23,25)(H,24,28). The van der Waals surface area contributed by atoms with Crippen LogP contribution in [0.2, 0.25) is 5.02 Å². The van der Waals surface area contributed by atoms with Gasteiger partial charge in [0.1, 0.15) is 11.1 Å². The van der Waals surface area contributed by atoms with Crippen LogP contribution in [0.15, 0.2) is 55.0 Å². The molecule has 1 fully saturated rings. The van der Waals surface area contributed by atoms with Crippen LogP contribution in [0, 0.1) is 0 Å². The predicted octanol–water partition coefficient (Wildman–Crippen LogP) is 2.94. The number of H-pyrrole nitrogens is 1. The number of para-hydroxylation sites is 1. The maximum absolute atomic E-state index is 13.3. The lowest BCUT2D eigenvalue weighted by Crippen LogP contribution is -2.42. The van der Waals surface area contributed by atoms with Gasteiger partial charge in [0.2, 0.25) is 5.91 Å². The quantitative estimate of drug-likeness (QED) is 0.700. The first-order chi connectivity index (χ1) is 13.6. The van der Waals surface area contributed by atoms with Gasteiger partial charge in [0, 0.05) is 24.6 Å². The third kappa shape index (κ3) is 2.23. The van der Waals surface area contributed by atoms with E-state index in [0.29, 0.717) is 13.0 Å². The number of likely N-dealkylation sites (tertiary alicyclic amines) is 1. The minimum absolute atomic E-state index is 0.103. The highest BCUT2D eigenvalue weighted by atomic mass is 35.5. The highest BCUT2D eigenvalue weighted by molar-refractivity contribution is 6.33. The number of amides is 2. The Morgan fingerprint density at radius 3 is 2.82 bits per heavy atom. The molecular weight excluding hydrogens is 378 g/mol. The summed E-state index contributed by atoms with van der Waals surface area (Å²) in [5.41, 5.74) is 1.84. The second-order valence-electron chi connectivity index (χ2n) is 7.00. The van der Waals surface area contributed by atoms with Crippen molar-refractivity contribution in [2.24, 2.45) is 0 Å². The maximum atomic E-state index is 13.3. The highest BCUT2D eigenvalue weighted by Gasteiger charge is 2.59. The van der Waals surface area contributed by atoms with Gasteiger partial charge in [-0.3, -0.25) is 19.7 Å². The topological polar surface area (TPSA) is 91.0 Å². The number of rotatable bonds is 2. The van der Waals surface area contributed by atoms with Gasteiger partial charge in [0.15, 0.2) is 0 Å². The van der Waals surface area contributed by atoms with Crippen LogP contribution in [0.25, 0.3) is 0 Å². The molecule has 0 radical (unpaired) electrons. The average molecular weight is 394 g/mol. The third-order valence-electron chi connectivity index (χ3n) is 5.65. The van der Waals surface area contributed by atoms with Crippen LogP contribution in [0.1, 0.15) is 34.1 Å². The molecule has 3 aromatic rings. The van der Waals surface area contributed by atoms with E-state index in [9.17, 15) is 9.59 Å². The predicted molar refractivity (Wildman–Crippen MR) is 103 cm³/mol. The summed E-state index contributed by atoms with van der Waals surface area (Å²) in [5.74, 6) is -0.390. The number of halogens is 1. The number of aromatic amines is 1. The van der Waals surface area contributed by atoms with Gasteiger partial charge in [-0.05, 0) is 29.7 Å². The normalized spacial score (nSPS) is 23.1. The van der Waals surface area contributed by atoms with E-state index < -0.39 is 11.5 Å². The zero-order valence-corrected chi connectivity index (χ0v) is 15.5. The summed E-state index contributed by atoms with van der Waals surface area (Å²) >= 11 is 6.13. The Morgan fingerprint density at radius 1 is 1.21 bits per heavy atom. The number of anilines is 1. The minimum atomic E-state index is -0.873. The van der Waals surface area contributed by atoms with Crippen molar-refractivity contribution in [1.29, 1.82) is 0 Å². The van der Waals surface area contributed by atoms with Gasteiger partial charge in [-0.25, -0.2) is 0 Å². The van der Waals surface area contributed by atoms with Crippen molar-refractivity contribution in [2.75, 3.05) is 11.9 Å². The smallest absolute Gasteiger partial charge is 0.273 e. The molecule has 2 atom stereocenters. The molecule has 2 aliphatic heterocycles. The van der Waals surface area contributed by atoms with Crippen molar-refractivity contribution in [3.8, 4) is 0 Å². The highest BCUT2D eigenvalue weighted by Crippen LogP contribution is 2.54. The van der Waals surface area contributed by atoms with Crippen LogP contribution in [0.4, 0.5) is 5.69 Å². The second-order valence-corrected chi connectivity index (χ2v) is 7.41. The van der Waals surface area contributed by atoms with Gasteiger partial charge in [-0.15, -0.1) is 0 Å². The van der Waals surface area contributed by atoms with Gasteiger partial charge in [-0.1, -0.05) is 35.9 Å². The van der Waals surface area contributed by atoms with Gasteiger partial charge in [0.05, 0.1) is 17.3 Å². The molecule has 0 bridgehead atoms. The van der Waals surface area contributed by atoms with Crippen molar-refractivity contribution in [3.05, 3.63) is 76.8 Å². The van der Waals surface area contributed by atoms with Crippen LogP contribution >= 0.6 is 11.6 Å². The number of benzene rings is 1. The van der Waals surface area contributed by atoms with Crippen LogP contribution < -0.4 is 5.32 Å². The number of hydrogen-bond donors (Lipinski definition) is 2. The van der Waals surface area contributed by atoms with Crippen molar-refractivity contribution in [3.63, 3.8) is 0 Å². The SMILES string of the molecule is O=C(c1[nH]ncc1Cl)N1CCC2(C(=O)Nc3ccccc32)C1c1cccnc1. The van der Waals surface area contributed by atoms with E-state index in [1.165, 1.54) is 6.20 Å². The molecule has 1 spiro atoms. The van der Waals surface area contributed by atoms with E-state index in [1.54, 1.807) is 17.3 Å². The summed E-state index contributed by atoms with van der Waals surface area (Å²) < 4.78 is 0. The molecule has 7 nitrogen and oxygen atoms in total. The van der Waals surface area contributed by atoms with Gasteiger partial charge >= 0.3 is 0 Å². The minimum Gasteiger partial charge on any atom is -0.329 e. The molecular formula is C20H16ClN5O2. The van der Waals surface area contributed by atoms with E-state index >= 15 is 0 Å². The lowest BCUT2D eigenvalue weighted by Gasteiger charge is -2.34. The molecule has 1 aromatic carbocycles. The Hall–Kier alpha value is -3.19. The number of pyridine rings is 1. The number of aromatic nitrogens is 3. The van der Waals surface area contributed by atoms with Crippen LogP contribution in [0.5, 0.6) is 0 Å². The van der Waals surface area contributed by atoms with Crippen molar-refractivity contribution >= 4 is 29.1 Å². The number of hydrogen-bond acceptors (Lipinski definition) is 4. The first kappa shape index (κ1) is 16.9. The lowest BCUT2D eigenvalue weighted by molar-refractivity contribution is -0.121. The molecule has 28 heavy (non-hydrogen) atoms. The zero-order chi connectivity index (χ0) is 19.3. The zero-order valence-electron chi connectivity index (χ0n) is 14.7. The van der Waals surface area contributed by atoms with Crippen molar-refractivity contribution in [1.82, 2.24) is 20.1 Å². The number of fused-ring (bicyclic) bond motifs is 2. The average Bonchev–Trinajstić information content (AvgIpc) is 3.40. The monoisotopic (exact) mass is 393 g/mol. The fourth-order valence-corrected chi connectivity index (χ4v) is 4.64. The molecule has 2 aliphatic rings. The molecule has 2 unspecified atom stereocenters. The summed E-state index contributed by atoms with van der Waals surface area (Å²) in [6.07, 6.45) is 5.29. The molecule has 2 N–H and O–H groups in total. The molecule has 2 aromatic heterocycles. The van der Waals surface area contributed by atoms with E-state index in [1.807, 2.05) is 36.4 Å². The maximum Gasteiger partial charge on any atom is 0.273 e. The molecule has 1 saturated heterocycles. The Morgan fingerprint density at radius 2 is 2.07 bits per heavy atom. The van der Waals surface area contributed by atoms with Gasteiger partial charge in [-0.2, -0.15) is 5.10 Å². The van der Waals surface area contributed by atoms with Crippen LogP contribution in [0.3, 0.4) is 0 Å². The number of nitrogens with zero attached hydrogens (tertiary/aromatic N) is 3. The van der Waals surface area contributed by atoms with Gasteiger partial charge < -0.3 is 10.2 Å². The molecule has 0 saturated carbocycles. The summed E-state index contributed by atoms with van der Waals surface area (Å²) in [6, 6.07) is 10.8. The Kier molecular flexibility index (Phi) is 3.73.